The zero-order valence-corrected chi connectivity index (χ0v) is 9.79. The molecule has 0 aliphatic carbocycles. The van der Waals surface area contributed by atoms with Crippen LogP contribution in [-0.4, -0.2) is 25.6 Å². The summed E-state index contributed by atoms with van der Waals surface area (Å²) < 4.78 is 18.7. The molecule has 0 radical (unpaired) electrons. The van der Waals surface area contributed by atoms with Gasteiger partial charge in [-0.15, -0.1) is 0 Å². The molecule has 5 heteroatoms. The molecule has 4 nitrogen and oxygen atoms in total. The molecule has 1 aliphatic rings. The third kappa shape index (κ3) is 2.39. The normalized spacial score (nSPS) is 24.3. The van der Waals surface area contributed by atoms with Crippen LogP contribution in [0, 0.1) is 5.82 Å². The number of ether oxygens (including phenoxy) is 1. The summed E-state index contributed by atoms with van der Waals surface area (Å²) in [6.45, 7) is 2.52. The van der Waals surface area contributed by atoms with E-state index in [1.54, 1.807) is 12.1 Å². The van der Waals surface area contributed by atoms with Gasteiger partial charge in [-0.25, -0.2) is 4.39 Å². The van der Waals surface area contributed by atoms with Crippen LogP contribution in [-0.2, 0) is 4.79 Å². The maximum atomic E-state index is 13.8. The summed E-state index contributed by atoms with van der Waals surface area (Å²) in [4.78, 5) is 11.7. The van der Waals surface area contributed by atoms with Gasteiger partial charge in [0, 0.05) is 24.2 Å². The van der Waals surface area contributed by atoms with Crippen molar-refractivity contribution in [2.24, 2.45) is 0 Å². The molecule has 1 amide bonds. The molecule has 17 heavy (non-hydrogen) atoms. The van der Waals surface area contributed by atoms with E-state index >= 15 is 0 Å². The van der Waals surface area contributed by atoms with Crippen LogP contribution in [0.4, 0.5) is 4.39 Å². The molecule has 92 valence electrons. The van der Waals surface area contributed by atoms with Gasteiger partial charge in [-0.1, -0.05) is 6.07 Å². The van der Waals surface area contributed by atoms with Crippen molar-refractivity contribution >= 4 is 5.91 Å². The molecular formula is C12H15FN2O2. The highest BCUT2D eigenvalue weighted by Gasteiger charge is 2.28. The number of nitrogens with one attached hydrogen (secondary N) is 2. The van der Waals surface area contributed by atoms with E-state index in [9.17, 15) is 9.18 Å². The predicted molar refractivity (Wildman–Crippen MR) is 61.3 cm³/mol. The highest BCUT2D eigenvalue weighted by molar-refractivity contribution is 5.84. The molecule has 2 unspecified atom stereocenters. The highest BCUT2D eigenvalue weighted by Crippen LogP contribution is 2.23. The van der Waals surface area contributed by atoms with E-state index in [-0.39, 0.29) is 11.9 Å². The van der Waals surface area contributed by atoms with Crippen LogP contribution in [0.2, 0.25) is 0 Å². The number of piperazine rings is 1. The Kier molecular flexibility index (Phi) is 3.28. The van der Waals surface area contributed by atoms with Crippen LogP contribution in [0.15, 0.2) is 18.2 Å². The van der Waals surface area contributed by atoms with Crippen LogP contribution in [0.5, 0.6) is 5.75 Å². The Balaban J connectivity index is 2.25. The number of hydrogen-bond donors (Lipinski definition) is 2. The van der Waals surface area contributed by atoms with Crippen LogP contribution in [0.1, 0.15) is 18.5 Å². The Bertz CT molecular complexity index is 437. The number of benzene rings is 1. The fourth-order valence-corrected chi connectivity index (χ4v) is 1.88. The molecular weight excluding hydrogens is 223 g/mol. The Morgan fingerprint density at radius 2 is 2.24 bits per heavy atom. The minimum absolute atomic E-state index is 0.0695. The van der Waals surface area contributed by atoms with E-state index in [2.05, 4.69) is 10.6 Å². The number of carbonyl (C=O) groups excluding carboxylic acids is 1. The molecule has 1 aliphatic heterocycles. The van der Waals surface area contributed by atoms with Gasteiger partial charge in [-0.3, -0.25) is 4.79 Å². The molecule has 1 heterocycles. The Morgan fingerprint density at radius 3 is 2.82 bits per heavy atom. The average molecular weight is 238 g/mol. The average Bonchev–Trinajstić information content (AvgIpc) is 2.30. The summed E-state index contributed by atoms with van der Waals surface area (Å²) in [7, 11) is 1.47. The van der Waals surface area contributed by atoms with Crippen LogP contribution in [0.25, 0.3) is 0 Å². The molecule has 1 aromatic rings. The van der Waals surface area contributed by atoms with E-state index in [0.717, 1.165) is 0 Å². The van der Waals surface area contributed by atoms with Gasteiger partial charge in [-0.05, 0) is 13.0 Å². The molecule has 0 saturated carbocycles. The minimum Gasteiger partial charge on any atom is -0.497 e. The molecule has 0 aromatic heterocycles. The van der Waals surface area contributed by atoms with E-state index in [0.29, 0.717) is 17.9 Å². The van der Waals surface area contributed by atoms with Gasteiger partial charge in [0.05, 0.1) is 7.11 Å². The fraction of sp³-hybridized carbons (Fsp3) is 0.417. The second-order valence-corrected chi connectivity index (χ2v) is 4.14. The van der Waals surface area contributed by atoms with Gasteiger partial charge >= 0.3 is 0 Å². The third-order valence-corrected chi connectivity index (χ3v) is 2.80. The Morgan fingerprint density at radius 1 is 1.47 bits per heavy atom. The molecule has 0 spiro atoms. The van der Waals surface area contributed by atoms with E-state index in [1.165, 1.54) is 13.2 Å². The van der Waals surface area contributed by atoms with Crippen molar-refractivity contribution in [2.45, 2.75) is 19.0 Å². The van der Waals surface area contributed by atoms with Gasteiger partial charge < -0.3 is 15.4 Å². The van der Waals surface area contributed by atoms with Gasteiger partial charge in [0.15, 0.2) is 0 Å². The van der Waals surface area contributed by atoms with Gasteiger partial charge in [0.25, 0.3) is 0 Å². The summed E-state index contributed by atoms with van der Waals surface area (Å²) in [5.41, 5.74) is 0.343. The summed E-state index contributed by atoms with van der Waals surface area (Å²) in [5, 5.41) is 5.80. The Labute approximate surface area is 99.2 Å². The van der Waals surface area contributed by atoms with Crippen molar-refractivity contribution in [3.8, 4) is 5.75 Å². The number of rotatable bonds is 2. The summed E-state index contributed by atoms with van der Waals surface area (Å²) in [5.74, 6) is -0.199. The van der Waals surface area contributed by atoms with Gasteiger partial charge in [0.1, 0.15) is 17.6 Å². The summed E-state index contributed by atoms with van der Waals surface area (Å²) in [6.07, 6.45) is 0. The second-order valence-electron chi connectivity index (χ2n) is 4.14. The SMILES string of the molecule is COc1ccc(C2NCC(C)NC2=O)c(F)c1. The quantitative estimate of drug-likeness (QED) is 0.807. The monoisotopic (exact) mass is 238 g/mol. The first-order valence-corrected chi connectivity index (χ1v) is 5.49. The first-order chi connectivity index (χ1) is 8.11. The zero-order chi connectivity index (χ0) is 12.4. The first-order valence-electron chi connectivity index (χ1n) is 5.49. The van der Waals surface area contributed by atoms with E-state index in [4.69, 9.17) is 4.74 Å². The predicted octanol–water partition coefficient (Wildman–Crippen LogP) is 0.983. The third-order valence-electron chi connectivity index (χ3n) is 2.80. The maximum Gasteiger partial charge on any atom is 0.242 e. The number of methoxy groups -OCH3 is 1. The highest BCUT2D eigenvalue weighted by atomic mass is 19.1. The lowest BCUT2D eigenvalue weighted by molar-refractivity contribution is -0.125. The molecule has 2 atom stereocenters. The van der Waals surface area contributed by atoms with Crippen LogP contribution in [0.3, 0.4) is 0 Å². The molecule has 1 fully saturated rings. The van der Waals surface area contributed by atoms with Crippen molar-refractivity contribution in [1.29, 1.82) is 0 Å². The number of amides is 1. The molecule has 0 bridgehead atoms. The fourth-order valence-electron chi connectivity index (χ4n) is 1.88. The smallest absolute Gasteiger partial charge is 0.242 e. The molecule has 2 rings (SSSR count). The maximum absolute atomic E-state index is 13.8. The van der Waals surface area contributed by atoms with Crippen LogP contribution >= 0.6 is 0 Å². The lowest BCUT2D eigenvalue weighted by Crippen LogP contribution is -2.52. The largest absolute Gasteiger partial charge is 0.497 e. The first kappa shape index (κ1) is 11.9. The molecule has 1 aromatic carbocycles. The summed E-state index contributed by atoms with van der Waals surface area (Å²) in [6, 6.07) is 3.94. The molecule has 2 N–H and O–H groups in total. The van der Waals surface area contributed by atoms with Gasteiger partial charge in [0.2, 0.25) is 5.91 Å². The number of carbonyl (C=O) groups is 1. The van der Waals surface area contributed by atoms with Crippen LogP contribution < -0.4 is 15.4 Å². The zero-order valence-electron chi connectivity index (χ0n) is 9.79. The molecule has 1 saturated heterocycles. The van der Waals surface area contributed by atoms with E-state index in [1.807, 2.05) is 6.92 Å². The summed E-state index contributed by atoms with van der Waals surface area (Å²) >= 11 is 0. The van der Waals surface area contributed by atoms with Crippen molar-refractivity contribution in [3.63, 3.8) is 0 Å². The van der Waals surface area contributed by atoms with Crippen molar-refractivity contribution in [2.75, 3.05) is 13.7 Å². The van der Waals surface area contributed by atoms with Gasteiger partial charge in [-0.2, -0.15) is 0 Å². The topological polar surface area (TPSA) is 50.4 Å². The van der Waals surface area contributed by atoms with Crippen molar-refractivity contribution in [3.05, 3.63) is 29.6 Å². The number of hydrogen-bond acceptors (Lipinski definition) is 3. The van der Waals surface area contributed by atoms with Crippen molar-refractivity contribution < 1.29 is 13.9 Å². The minimum atomic E-state index is -0.628. The lowest BCUT2D eigenvalue weighted by atomic mass is 10.0. The van der Waals surface area contributed by atoms with Crippen molar-refractivity contribution in [1.82, 2.24) is 10.6 Å². The van der Waals surface area contributed by atoms with E-state index < -0.39 is 11.9 Å². The Hall–Kier alpha value is -1.62. The second kappa shape index (κ2) is 4.71. The standard InChI is InChI=1S/C12H15FN2O2/c1-7-6-14-11(12(16)15-7)9-4-3-8(17-2)5-10(9)13/h3-5,7,11,14H,6H2,1-2H3,(H,15,16). The number of halogens is 1. The lowest BCUT2D eigenvalue weighted by Gasteiger charge is -2.28.